The van der Waals surface area contributed by atoms with E-state index in [0.717, 1.165) is 0 Å². The Morgan fingerprint density at radius 3 is 2.88 bits per heavy atom. The molecule has 0 saturated carbocycles. The molecule has 0 aromatic carbocycles. The van der Waals surface area contributed by atoms with Gasteiger partial charge in [0.2, 0.25) is 5.88 Å². The summed E-state index contributed by atoms with van der Waals surface area (Å²) in [6.07, 6.45) is 1.60. The first-order valence-corrected chi connectivity index (χ1v) is 6.70. The molecule has 2 heterocycles. The van der Waals surface area contributed by atoms with Crippen molar-refractivity contribution in [3.05, 3.63) is 23.6 Å². The van der Waals surface area contributed by atoms with Gasteiger partial charge in [-0.1, -0.05) is 0 Å². The molecular weight excluding hydrogens is 242 g/mol. The number of rotatable bonds is 3. The Balaban J connectivity index is 2.13. The summed E-state index contributed by atoms with van der Waals surface area (Å²) in [6, 6.07) is 3.07. The monoisotopic (exact) mass is 255 g/mol. The van der Waals surface area contributed by atoms with Gasteiger partial charge in [-0.25, -0.2) is 8.42 Å². The number of nitrogens with zero attached hydrogens (tertiary/aromatic N) is 1. The third-order valence-corrected chi connectivity index (χ3v) is 3.74. The highest BCUT2D eigenvalue weighted by atomic mass is 32.2. The number of pyridine rings is 1. The van der Waals surface area contributed by atoms with E-state index in [4.69, 9.17) is 10.5 Å². The Labute approximate surface area is 99.4 Å². The third kappa shape index (κ3) is 2.68. The minimum Gasteiger partial charge on any atom is -0.479 e. The Morgan fingerprint density at radius 2 is 2.29 bits per heavy atom. The van der Waals surface area contributed by atoms with Crippen molar-refractivity contribution in [2.45, 2.75) is 6.04 Å². The highest BCUT2D eigenvalue weighted by Crippen LogP contribution is 2.21. The average Bonchev–Trinajstić information content (AvgIpc) is 2.61. The van der Waals surface area contributed by atoms with Crippen LogP contribution in [0, 0.1) is 0 Å². The zero-order chi connectivity index (χ0) is 12.5. The van der Waals surface area contributed by atoms with E-state index in [0.29, 0.717) is 17.4 Å². The van der Waals surface area contributed by atoms with Crippen LogP contribution in [0.4, 0.5) is 11.5 Å². The summed E-state index contributed by atoms with van der Waals surface area (Å²) >= 11 is 0. The maximum Gasteiger partial charge on any atom is 0.238 e. The molecule has 0 spiro atoms. The van der Waals surface area contributed by atoms with Gasteiger partial charge >= 0.3 is 0 Å². The molecule has 92 valence electrons. The molecule has 1 aliphatic heterocycles. The van der Waals surface area contributed by atoms with E-state index in [1.54, 1.807) is 18.2 Å². The number of ether oxygens (including phenoxy) is 1. The van der Waals surface area contributed by atoms with E-state index in [1.807, 2.05) is 0 Å². The molecule has 0 fully saturated rings. The Hall–Kier alpha value is -1.76. The van der Waals surface area contributed by atoms with Crippen molar-refractivity contribution in [3.63, 3.8) is 0 Å². The number of sulfone groups is 1. The van der Waals surface area contributed by atoms with Gasteiger partial charge in [-0.2, -0.15) is 4.98 Å². The van der Waals surface area contributed by atoms with Crippen LogP contribution in [0.2, 0.25) is 0 Å². The van der Waals surface area contributed by atoms with Crippen LogP contribution in [0.15, 0.2) is 23.6 Å². The van der Waals surface area contributed by atoms with Gasteiger partial charge < -0.3 is 15.8 Å². The van der Waals surface area contributed by atoms with E-state index in [1.165, 1.54) is 12.5 Å². The van der Waals surface area contributed by atoms with E-state index >= 15 is 0 Å². The van der Waals surface area contributed by atoms with E-state index < -0.39 is 9.84 Å². The second-order valence-electron chi connectivity index (χ2n) is 3.70. The zero-order valence-corrected chi connectivity index (χ0v) is 10.1. The van der Waals surface area contributed by atoms with Crippen LogP contribution in [0.25, 0.3) is 0 Å². The number of methoxy groups -OCH3 is 1. The number of aromatic nitrogens is 1. The maximum atomic E-state index is 11.2. The van der Waals surface area contributed by atoms with Gasteiger partial charge in [-0.3, -0.25) is 0 Å². The van der Waals surface area contributed by atoms with Crippen LogP contribution in [0.1, 0.15) is 0 Å². The van der Waals surface area contributed by atoms with Crippen molar-refractivity contribution >= 4 is 21.3 Å². The second-order valence-corrected chi connectivity index (χ2v) is 5.64. The summed E-state index contributed by atoms with van der Waals surface area (Å²) in [5.74, 6) is 0.893. The lowest BCUT2D eigenvalue weighted by Gasteiger charge is -2.12. The van der Waals surface area contributed by atoms with Crippen molar-refractivity contribution in [1.29, 1.82) is 0 Å². The fourth-order valence-corrected chi connectivity index (χ4v) is 2.79. The minimum atomic E-state index is -3.07. The zero-order valence-electron chi connectivity index (χ0n) is 9.25. The molecule has 1 aromatic rings. The van der Waals surface area contributed by atoms with Crippen molar-refractivity contribution in [3.8, 4) is 5.88 Å². The topological polar surface area (TPSA) is 94.3 Å². The second kappa shape index (κ2) is 4.25. The molecule has 1 atom stereocenters. The summed E-state index contributed by atoms with van der Waals surface area (Å²) in [5, 5.41) is 4.19. The smallest absolute Gasteiger partial charge is 0.238 e. The Morgan fingerprint density at radius 1 is 1.53 bits per heavy atom. The third-order valence-electron chi connectivity index (χ3n) is 2.35. The van der Waals surface area contributed by atoms with Crippen LogP contribution in [-0.2, 0) is 9.84 Å². The Kier molecular flexibility index (Phi) is 2.93. The van der Waals surface area contributed by atoms with Crippen LogP contribution in [-0.4, -0.2) is 32.3 Å². The maximum absolute atomic E-state index is 11.2. The van der Waals surface area contributed by atoms with Gasteiger partial charge in [-0.05, 0) is 18.2 Å². The predicted molar refractivity (Wildman–Crippen MR) is 65.5 cm³/mol. The van der Waals surface area contributed by atoms with E-state index in [9.17, 15) is 8.42 Å². The molecule has 0 saturated heterocycles. The standard InChI is InChI=1S/C10H13N3O3S/c1-16-10-8(11)2-3-9(13-10)12-7-4-5-17(14,15)6-7/h2-5,7H,6,11H2,1H3,(H,12,13). The van der Waals surface area contributed by atoms with E-state index in [-0.39, 0.29) is 11.8 Å². The number of hydrogen-bond acceptors (Lipinski definition) is 6. The summed E-state index contributed by atoms with van der Waals surface area (Å²) in [5.41, 5.74) is 6.06. The number of nitrogens with one attached hydrogen (secondary N) is 1. The van der Waals surface area contributed by atoms with Crippen molar-refractivity contribution in [1.82, 2.24) is 4.98 Å². The molecular formula is C10H13N3O3S. The fourth-order valence-electron chi connectivity index (χ4n) is 1.55. The molecule has 1 aromatic heterocycles. The van der Waals surface area contributed by atoms with Crippen molar-refractivity contribution in [2.75, 3.05) is 23.9 Å². The average molecular weight is 255 g/mol. The molecule has 17 heavy (non-hydrogen) atoms. The molecule has 3 N–H and O–H groups in total. The van der Waals surface area contributed by atoms with Gasteiger partial charge in [0, 0.05) is 5.41 Å². The van der Waals surface area contributed by atoms with E-state index in [2.05, 4.69) is 10.3 Å². The summed E-state index contributed by atoms with van der Waals surface area (Å²) in [6.45, 7) is 0. The number of nitrogen functional groups attached to an aromatic ring is 1. The lowest BCUT2D eigenvalue weighted by Crippen LogP contribution is -2.21. The quantitative estimate of drug-likeness (QED) is 0.811. The first-order valence-electron chi connectivity index (χ1n) is 4.98. The van der Waals surface area contributed by atoms with Crippen LogP contribution in [0.5, 0.6) is 5.88 Å². The molecule has 6 nitrogen and oxygen atoms in total. The number of hydrogen-bond donors (Lipinski definition) is 2. The number of nitrogens with two attached hydrogens (primary N) is 1. The lowest BCUT2D eigenvalue weighted by atomic mass is 10.3. The molecule has 1 aliphatic rings. The van der Waals surface area contributed by atoms with Crippen molar-refractivity contribution in [2.24, 2.45) is 0 Å². The fraction of sp³-hybridized carbons (Fsp3) is 0.300. The highest BCUT2D eigenvalue weighted by molar-refractivity contribution is 7.94. The molecule has 0 amide bonds. The summed E-state index contributed by atoms with van der Waals surface area (Å²) in [4.78, 5) is 4.11. The molecule has 2 rings (SSSR count). The summed E-state index contributed by atoms with van der Waals surface area (Å²) < 4.78 is 27.4. The van der Waals surface area contributed by atoms with Crippen LogP contribution >= 0.6 is 0 Å². The predicted octanol–water partition coefficient (Wildman–Crippen LogP) is 0.395. The molecule has 0 radical (unpaired) electrons. The van der Waals surface area contributed by atoms with Crippen LogP contribution < -0.4 is 15.8 Å². The van der Waals surface area contributed by atoms with Crippen molar-refractivity contribution < 1.29 is 13.2 Å². The lowest BCUT2D eigenvalue weighted by molar-refractivity contribution is 0.401. The largest absolute Gasteiger partial charge is 0.479 e. The minimum absolute atomic E-state index is 0.0430. The molecule has 1 unspecified atom stereocenters. The van der Waals surface area contributed by atoms with Crippen LogP contribution in [0.3, 0.4) is 0 Å². The first kappa shape index (κ1) is 11.7. The van der Waals surface area contributed by atoms with Gasteiger partial charge in [-0.15, -0.1) is 0 Å². The Bertz CT molecular complexity index is 554. The van der Waals surface area contributed by atoms with Gasteiger partial charge in [0.1, 0.15) is 5.82 Å². The first-order chi connectivity index (χ1) is 8.00. The number of anilines is 2. The molecule has 0 aliphatic carbocycles. The van der Waals surface area contributed by atoms with Gasteiger partial charge in [0.05, 0.1) is 24.6 Å². The highest BCUT2D eigenvalue weighted by Gasteiger charge is 2.21. The SMILES string of the molecule is COc1nc(NC2C=CS(=O)(=O)C2)ccc1N. The van der Waals surface area contributed by atoms with Gasteiger partial charge in [0.15, 0.2) is 9.84 Å². The van der Waals surface area contributed by atoms with Gasteiger partial charge in [0.25, 0.3) is 0 Å². The molecule has 0 bridgehead atoms. The normalized spacial score (nSPS) is 21.4. The summed E-state index contributed by atoms with van der Waals surface area (Å²) in [7, 11) is -1.59. The molecule has 7 heteroatoms.